The Morgan fingerprint density at radius 3 is 2.92 bits per heavy atom. The van der Waals surface area contributed by atoms with E-state index in [-0.39, 0.29) is 5.43 Å². The van der Waals surface area contributed by atoms with Crippen LogP contribution in [0.1, 0.15) is 12.5 Å². The van der Waals surface area contributed by atoms with Crippen LogP contribution in [-0.4, -0.2) is 5.71 Å². The third-order valence-corrected chi connectivity index (χ3v) is 1.96. The Balaban J connectivity index is 2.74. The minimum atomic E-state index is 0.0931. The minimum absolute atomic E-state index is 0.0931. The van der Waals surface area contributed by atoms with Crippen LogP contribution in [0.2, 0.25) is 0 Å². The predicted octanol–water partition coefficient (Wildman–Crippen LogP) is 1.70. The first-order valence-corrected chi connectivity index (χ1v) is 3.94. The van der Waals surface area contributed by atoms with Crippen LogP contribution in [-0.2, 0) is 6.42 Å². The van der Waals surface area contributed by atoms with Crippen molar-refractivity contribution in [3.8, 4) is 0 Å². The van der Waals surface area contributed by atoms with E-state index in [1.165, 1.54) is 0 Å². The summed E-state index contributed by atoms with van der Waals surface area (Å²) >= 11 is 0. The summed E-state index contributed by atoms with van der Waals surface area (Å²) in [5.41, 5.74) is 2.78. The molecule has 0 aromatic heterocycles. The molecule has 0 fully saturated rings. The first-order chi connectivity index (χ1) is 5.77. The van der Waals surface area contributed by atoms with Gasteiger partial charge in [0.15, 0.2) is 5.43 Å². The highest BCUT2D eigenvalue weighted by atomic mass is 16.1. The van der Waals surface area contributed by atoms with Crippen molar-refractivity contribution < 1.29 is 0 Å². The Hall–Kier alpha value is -1.44. The molecule has 0 radical (unpaired) electrons. The maximum absolute atomic E-state index is 11.4. The van der Waals surface area contributed by atoms with Crippen molar-refractivity contribution in [2.45, 2.75) is 13.3 Å². The molecule has 0 saturated heterocycles. The van der Waals surface area contributed by atoms with E-state index in [1.807, 2.05) is 19.1 Å². The van der Waals surface area contributed by atoms with Gasteiger partial charge in [-0.05, 0) is 19.1 Å². The molecule has 0 saturated carbocycles. The molecule has 2 heteroatoms. The molecule has 12 heavy (non-hydrogen) atoms. The summed E-state index contributed by atoms with van der Waals surface area (Å²) in [5, 5.41) is 0. The van der Waals surface area contributed by atoms with Crippen molar-refractivity contribution in [1.29, 1.82) is 0 Å². The lowest BCUT2D eigenvalue weighted by Crippen LogP contribution is -2.04. The van der Waals surface area contributed by atoms with Crippen molar-refractivity contribution in [1.82, 2.24) is 0 Å². The van der Waals surface area contributed by atoms with Gasteiger partial charge in [-0.3, -0.25) is 9.79 Å². The quantitative estimate of drug-likeness (QED) is 0.566. The van der Waals surface area contributed by atoms with E-state index >= 15 is 0 Å². The smallest absolute Gasteiger partial charge is 0.184 e. The first-order valence-electron chi connectivity index (χ1n) is 3.94. The van der Waals surface area contributed by atoms with Crippen LogP contribution in [0.3, 0.4) is 0 Å². The SMILES string of the molecule is CC1=Nc2ccccc(=O)c2C1. The van der Waals surface area contributed by atoms with E-state index in [9.17, 15) is 4.79 Å². The van der Waals surface area contributed by atoms with Crippen LogP contribution in [0.15, 0.2) is 34.1 Å². The Morgan fingerprint density at radius 1 is 1.33 bits per heavy atom. The zero-order chi connectivity index (χ0) is 8.55. The third kappa shape index (κ3) is 1.05. The van der Waals surface area contributed by atoms with Crippen LogP contribution >= 0.6 is 0 Å². The first kappa shape index (κ1) is 7.22. The number of fused-ring (bicyclic) bond motifs is 1. The van der Waals surface area contributed by atoms with Crippen LogP contribution in [0.5, 0.6) is 0 Å². The molecule has 0 atom stereocenters. The van der Waals surface area contributed by atoms with E-state index in [1.54, 1.807) is 12.1 Å². The maximum Gasteiger partial charge on any atom is 0.184 e. The number of nitrogens with zero attached hydrogens (tertiary/aromatic N) is 1. The van der Waals surface area contributed by atoms with Gasteiger partial charge < -0.3 is 0 Å². The number of hydrogen-bond donors (Lipinski definition) is 0. The van der Waals surface area contributed by atoms with Gasteiger partial charge in [0.25, 0.3) is 0 Å². The normalized spacial score (nSPS) is 13.9. The minimum Gasteiger partial charge on any atom is -0.290 e. The largest absolute Gasteiger partial charge is 0.290 e. The number of hydrogen-bond acceptors (Lipinski definition) is 2. The molecule has 60 valence electrons. The van der Waals surface area contributed by atoms with Crippen molar-refractivity contribution in [3.63, 3.8) is 0 Å². The lowest BCUT2D eigenvalue weighted by Gasteiger charge is -1.85. The summed E-state index contributed by atoms with van der Waals surface area (Å²) in [6.45, 7) is 1.94. The summed E-state index contributed by atoms with van der Waals surface area (Å²) in [4.78, 5) is 15.7. The monoisotopic (exact) mass is 159 g/mol. The van der Waals surface area contributed by atoms with Crippen LogP contribution < -0.4 is 5.43 Å². The molecule has 1 heterocycles. The predicted molar refractivity (Wildman–Crippen MR) is 49.2 cm³/mol. The van der Waals surface area contributed by atoms with Gasteiger partial charge in [-0.1, -0.05) is 12.1 Å². The molecular formula is C10H9NO. The third-order valence-electron chi connectivity index (χ3n) is 1.96. The summed E-state index contributed by atoms with van der Waals surface area (Å²) in [6.07, 6.45) is 0.711. The summed E-state index contributed by atoms with van der Waals surface area (Å²) in [7, 11) is 0. The van der Waals surface area contributed by atoms with Gasteiger partial charge in [-0.15, -0.1) is 0 Å². The molecule has 1 aromatic carbocycles. The van der Waals surface area contributed by atoms with Crippen molar-refractivity contribution in [2.24, 2.45) is 4.99 Å². The van der Waals surface area contributed by atoms with Gasteiger partial charge >= 0.3 is 0 Å². The van der Waals surface area contributed by atoms with Gasteiger partial charge in [-0.25, -0.2) is 0 Å². The Labute approximate surface area is 70.6 Å². The fraction of sp³-hybridized carbons (Fsp3) is 0.200. The molecule has 0 unspecified atom stereocenters. The number of rotatable bonds is 0. The van der Waals surface area contributed by atoms with Gasteiger partial charge in [0.05, 0.1) is 5.69 Å². The van der Waals surface area contributed by atoms with Gasteiger partial charge in [0.1, 0.15) is 0 Å². The lowest BCUT2D eigenvalue weighted by atomic mass is 10.2. The Kier molecular flexibility index (Phi) is 1.54. The van der Waals surface area contributed by atoms with E-state index in [0.29, 0.717) is 6.42 Å². The van der Waals surface area contributed by atoms with E-state index in [2.05, 4.69) is 4.99 Å². The molecule has 1 aliphatic heterocycles. The molecule has 0 spiro atoms. The zero-order valence-corrected chi connectivity index (χ0v) is 6.87. The van der Waals surface area contributed by atoms with E-state index in [4.69, 9.17) is 0 Å². The number of aliphatic imine (C=N–C) groups is 1. The molecule has 0 aliphatic carbocycles. The van der Waals surface area contributed by atoms with Crippen LogP contribution in [0.25, 0.3) is 0 Å². The fourth-order valence-electron chi connectivity index (χ4n) is 1.40. The second kappa shape index (κ2) is 2.55. The highest BCUT2D eigenvalue weighted by Crippen LogP contribution is 2.21. The Morgan fingerprint density at radius 2 is 2.08 bits per heavy atom. The second-order valence-corrected chi connectivity index (χ2v) is 2.97. The van der Waals surface area contributed by atoms with Crippen molar-refractivity contribution in [3.05, 3.63) is 40.1 Å². The molecule has 1 aromatic rings. The second-order valence-electron chi connectivity index (χ2n) is 2.97. The van der Waals surface area contributed by atoms with Crippen molar-refractivity contribution in [2.75, 3.05) is 0 Å². The molecule has 1 aliphatic rings. The maximum atomic E-state index is 11.4. The molecule has 0 bridgehead atoms. The van der Waals surface area contributed by atoms with E-state index < -0.39 is 0 Å². The van der Waals surface area contributed by atoms with Gasteiger partial charge in [-0.2, -0.15) is 0 Å². The van der Waals surface area contributed by atoms with Gasteiger partial charge in [0.2, 0.25) is 0 Å². The average molecular weight is 159 g/mol. The highest BCUT2D eigenvalue weighted by molar-refractivity contribution is 5.91. The van der Waals surface area contributed by atoms with Crippen LogP contribution in [0.4, 0.5) is 5.69 Å². The van der Waals surface area contributed by atoms with E-state index in [0.717, 1.165) is 17.0 Å². The Bertz CT molecular complexity index is 407. The summed E-state index contributed by atoms with van der Waals surface area (Å²) in [6, 6.07) is 7.08. The fourth-order valence-corrected chi connectivity index (χ4v) is 1.40. The topological polar surface area (TPSA) is 29.4 Å². The summed E-state index contributed by atoms with van der Waals surface area (Å²) < 4.78 is 0. The molecule has 2 rings (SSSR count). The molecule has 2 nitrogen and oxygen atoms in total. The van der Waals surface area contributed by atoms with Crippen LogP contribution in [0, 0.1) is 0 Å². The summed E-state index contributed by atoms with van der Waals surface area (Å²) in [5.74, 6) is 0. The lowest BCUT2D eigenvalue weighted by molar-refractivity contribution is 1.35. The highest BCUT2D eigenvalue weighted by Gasteiger charge is 2.11. The van der Waals surface area contributed by atoms with Gasteiger partial charge in [0, 0.05) is 17.7 Å². The standard InChI is InChI=1S/C10H9NO/c1-7-6-8-9(11-7)4-2-3-5-10(8)12/h2-5H,6H2,1H3. The zero-order valence-electron chi connectivity index (χ0n) is 6.87. The molecular weight excluding hydrogens is 150 g/mol. The molecule has 0 N–H and O–H groups in total. The van der Waals surface area contributed by atoms with Crippen molar-refractivity contribution >= 4 is 11.4 Å². The molecule has 0 amide bonds. The average Bonchev–Trinajstić information content (AvgIpc) is 2.33.